The highest BCUT2D eigenvalue weighted by atomic mass is 79.9. The Hall–Kier alpha value is -1.69. The van der Waals surface area contributed by atoms with Crippen LogP contribution in [-0.4, -0.2) is 26.8 Å². The summed E-state index contributed by atoms with van der Waals surface area (Å²) in [7, 11) is 0. The lowest BCUT2D eigenvalue weighted by atomic mass is 10.0. The molecule has 2 aromatic carbocycles. The maximum absolute atomic E-state index is 13.0. The van der Waals surface area contributed by atoms with Crippen LogP contribution in [0.3, 0.4) is 0 Å². The van der Waals surface area contributed by atoms with Crippen LogP contribution in [0.15, 0.2) is 59.1 Å². The van der Waals surface area contributed by atoms with Gasteiger partial charge in [0.05, 0.1) is 0 Å². The molecule has 0 radical (unpaired) electrons. The molecule has 0 saturated carbocycles. The molecule has 2 aromatic rings. The van der Waals surface area contributed by atoms with E-state index in [1.165, 1.54) is 0 Å². The van der Waals surface area contributed by atoms with Gasteiger partial charge in [0, 0.05) is 22.5 Å². The first-order valence-electron chi connectivity index (χ1n) is 7.10. The Kier molecular flexibility index (Phi) is 3.80. The van der Waals surface area contributed by atoms with Gasteiger partial charge in [0.2, 0.25) is 5.71 Å². The first-order valence-corrected chi connectivity index (χ1v) is 7.89. The van der Waals surface area contributed by atoms with E-state index in [1.54, 1.807) is 6.92 Å². The lowest BCUT2D eigenvalue weighted by molar-refractivity contribution is -0.595. The highest BCUT2D eigenvalue weighted by Crippen LogP contribution is 2.36. The first-order chi connectivity index (χ1) is 10.5. The summed E-state index contributed by atoms with van der Waals surface area (Å²) in [5.74, 6) is 0. The highest BCUT2D eigenvalue weighted by molar-refractivity contribution is 9.10. The van der Waals surface area contributed by atoms with Crippen LogP contribution >= 0.6 is 15.9 Å². The largest absolute Gasteiger partial charge is 0.622 e. The Morgan fingerprint density at radius 3 is 2.32 bits per heavy atom. The van der Waals surface area contributed by atoms with E-state index in [9.17, 15) is 10.4 Å². The van der Waals surface area contributed by atoms with E-state index in [4.69, 9.17) is 0 Å². The second-order valence-corrected chi connectivity index (χ2v) is 6.51. The Morgan fingerprint density at radius 1 is 1.14 bits per heavy atom. The predicted molar refractivity (Wildman–Crippen MR) is 88.8 cm³/mol. The number of rotatable bonds is 2. The summed E-state index contributed by atoms with van der Waals surface area (Å²) < 4.78 is 1.84. The monoisotopic (exact) mass is 360 g/mol. The van der Waals surface area contributed by atoms with Gasteiger partial charge in [-0.25, -0.2) is 0 Å². The van der Waals surface area contributed by atoms with E-state index in [0.717, 1.165) is 25.4 Å². The van der Waals surface area contributed by atoms with Crippen LogP contribution in [0.25, 0.3) is 0 Å². The Labute approximate surface area is 138 Å². The Bertz CT molecular complexity index is 715. The second-order valence-electron chi connectivity index (χ2n) is 5.59. The molecule has 0 aromatic heterocycles. The first kappa shape index (κ1) is 15.2. The molecule has 0 bridgehead atoms. The van der Waals surface area contributed by atoms with Crippen LogP contribution in [-0.2, 0) is 5.66 Å². The van der Waals surface area contributed by atoms with Gasteiger partial charge < -0.3 is 10.4 Å². The average Bonchev–Trinajstić information content (AvgIpc) is 2.71. The smallest absolute Gasteiger partial charge is 0.274 e. The van der Waals surface area contributed by atoms with Crippen molar-refractivity contribution in [3.05, 3.63) is 75.4 Å². The van der Waals surface area contributed by atoms with Crippen molar-refractivity contribution in [3.8, 4) is 0 Å². The summed E-state index contributed by atoms with van der Waals surface area (Å²) in [6.07, 6.45) is 0. The summed E-state index contributed by atoms with van der Waals surface area (Å²) in [5.41, 5.74) is 0.982. The number of benzene rings is 2. The molecule has 114 valence electrons. The van der Waals surface area contributed by atoms with Crippen molar-refractivity contribution in [2.75, 3.05) is 0 Å². The molecule has 1 heterocycles. The minimum atomic E-state index is -1.15. The van der Waals surface area contributed by atoms with Gasteiger partial charge in [-0.15, -0.1) is 5.06 Å². The fourth-order valence-electron chi connectivity index (χ4n) is 2.97. The minimum Gasteiger partial charge on any atom is -0.622 e. The van der Waals surface area contributed by atoms with E-state index in [1.807, 2.05) is 61.5 Å². The van der Waals surface area contributed by atoms with Crippen LogP contribution in [0, 0.1) is 5.21 Å². The van der Waals surface area contributed by atoms with Gasteiger partial charge in [-0.05, 0) is 43.3 Å². The minimum absolute atomic E-state index is 0.395. The van der Waals surface area contributed by atoms with Crippen LogP contribution in [0.5, 0.6) is 0 Å². The zero-order valence-electron chi connectivity index (χ0n) is 12.4. The second kappa shape index (κ2) is 5.50. The van der Waals surface area contributed by atoms with Crippen molar-refractivity contribution in [1.29, 1.82) is 0 Å². The molecule has 0 unspecified atom stereocenters. The van der Waals surface area contributed by atoms with E-state index < -0.39 is 11.7 Å². The fraction of sp³-hybridized carbons (Fsp3) is 0.235. The van der Waals surface area contributed by atoms with Gasteiger partial charge >= 0.3 is 0 Å². The quantitative estimate of drug-likeness (QED) is 0.655. The summed E-state index contributed by atoms with van der Waals surface area (Å²) in [4.78, 5) is 0. The van der Waals surface area contributed by atoms with Gasteiger partial charge in [0.1, 0.15) is 6.04 Å². The number of hydrogen-bond donors (Lipinski definition) is 1. The molecular weight excluding hydrogens is 344 g/mol. The van der Waals surface area contributed by atoms with Crippen LogP contribution in [0.1, 0.15) is 25.0 Å². The summed E-state index contributed by atoms with van der Waals surface area (Å²) in [6.45, 7) is 3.56. The maximum Gasteiger partial charge on any atom is 0.274 e. The third-order valence-corrected chi connectivity index (χ3v) is 4.81. The maximum atomic E-state index is 13.0. The van der Waals surface area contributed by atoms with Crippen molar-refractivity contribution in [3.63, 3.8) is 0 Å². The molecule has 0 aliphatic carbocycles. The van der Waals surface area contributed by atoms with E-state index in [0.29, 0.717) is 5.71 Å². The Balaban J connectivity index is 2.16. The van der Waals surface area contributed by atoms with Crippen molar-refractivity contribution in [2.24, 2.45) is 0 Å². The van der Waals surface area contributed by atoms with Gasteiger partial charge in [0.25, 0.3) is 5.66 Å². The van der Waals surface area contributed by atoms with E-state index in [-0.39, 0.29) is 0 Å². The molecular formula is C17H17BrN2O2. The van der Waals surface area contributed by atoms with Gasteiger partial charge in [-0.1, -0.05) is 34.1 Å². The van der Waals surface area contributed by atoms with Crippen molar-refractivity contribution in [1.82, 2.24) is 5.06 Å². The number of nitrogens with zero attached hydrogens (tertiary/aromatic N) is 2. The molecule has 0 amide bonds. The number of hydroxylamine groups is 3. The third-order valence-electron chi connectivity index (χ3n) is 4.28. The van der Waals surface area contributed by atoms with Gasteiger partial charge in [-0.2, -0.15) is 4.74 Å². The normalized spacial score (nSPS) is 25.7. The molecule has 1 N–H and O–H groups in total. The summed E-state index contributed by atoms with van der Waals surface area (Å²) >= 11 is 3.39. The third kappa shape index (κ3) is 2.17. The lowest BCUT2D eigenvalue weighted by Crippen LogP contribution is -2.45. The van der Waals surface area contributed by atoms with E-state index >= 15 is 0 Å². The van der Waals surface area contributed by atoms with Crippen molar-refractivity contribution < 1.29 is 9.95 Å². The number of hydrogen-bond acceptors (Lipinski definition) is 3. The highest BCUT2D eigenvalue weighted by Gasteiger charge is 2.54. The molecule has 0 saturated heterocycles. The molecule has 4 nitrogen and oxygen atoms in total. The Morgan fingerprint density at radius 2 is 1.73 bits per heavy atom. The predicted octanol–water partition coefficient (Wildman–Crippen LogP) is 3.71. The summed E-state index contributed by atoms with van der Waals surface area (Å²) in [5, 5.41) is 24.7. The fourth-order valence-corrected chi connectivity index (χ4v) is 3.24. The van der Waals surface area contributed by atoms with Crippen LogP contribution in [0.4, 0.5) is 0 Å². The summed E-state index contributed by atoms with van der Waals surface area (Å²) in [6, 6.07) is 16.5. The standard InChI is InChI=1S/C17H17BrN2O2/c1-12-16(13-6-4-3-5-7-13)20(22)17(2,19(12)21)14-8-10-15(18)11-9-14/h3-12,21H,1-2H3/t12-,17-/m0/s1. The molecule has 1 aliphatic rings. The van der Waals surface area contributed by atoms with Crippen LogP contribution in [0.2, 0.25) is 0 Å². The van der Waals surface area contributed by atoms with Crippen molar-refractivity contribution in [2.45, 2.75) is 25.6 Å². The van der Waals surface area contributed by atoms with Gasteiger partial charge in [0.15, 0.2) is 0 Å². The van der Waals surface area contributed by atoms with Crippen LogP contribution < -0.4 is 0 Å². The number of halogens is 1. The molecule has 0 fully saturated rings. The zero-order chi connectivity index (χ0) is 15.9. The SMILES string of the molecule is C[C@H]1C(c2ccccc2)=[N+]([O-])[C@@](C)(c2ccc(Br)cc2)N1O. The van der Waals surface area contributed by atoms with E-state index in [2.05, 4.69) is 15.9 Å². The molecule has 22 heavy (non-hydrogen) atoms. The lowest BCUT2D eigenvalue weighted by Gasteiger charge is -2.29. The van der Waals surface area contributed by atoms with Crippen molar-refractivity contribution >= 4 is 21.6 Å². The molecule has 3 rings (SSSR count). The molecule has 0 spiro atoms. The molecule has 2 atom stereocenters. The average molecular weight is 361 g/mol. The van der Waals surface area contributed by atoms with Gasteiger partial charge in [-0.3, -0.25) is 0 Å². The molecule has 5 heteroatoms. The molecule has 1 aliphatic heterocycles. The zero-order valence-corrected chi connectivity index (χ0v) is 14.0. The topological polar surface area (TPSA) is 49.5 Å².